The van der Waals surface area contributed by atoms with Crippen LogP contribution < -0.4 is 0 Å². The van der Waals surface area contributed by atoms with Gasteiger partial charge >= 0.3 is 0 Å². The maximum Gasteiger partial charge on any atom is 0.167 e. The predicted molar refractivity (Wildman–Crippen MR) is 115 cm³/mol. The molecule has 31 heavy (non-hydrogen) atoms. The second kappa shape index (κ2) is 6.27. The molecule has 0 radical (unpaired) electrons. The number of rotatable bonds is 2. The van der Waals surface area contributed by atoms with Crippen LogP contribution in [-0.4, -0.2) is 45.9 Å². The molecule has 1 heterocycles. The van der Waals surface area contributed by atoms with Crippen molar-refractivity contribution in [3.05, 3.63) is 11.6 Å². The van der Waals surface area contributed by atoms with Crippen LogP contribution in [-0.2, 0) is 14.3 Å². The zero-order chi connectivity index (χ0) is 22.6. The van der Waals surface area contributed by atoms with Gasteiger partial charge in [-0.2, -0.15) is 0 Å². The molecule has 4 fully saturated rings. The van der Waals surface area contributed by atoms with E-state index in [1.165, 1.54) is 0 Å². The molecule has 1 saturated heterocycles. The van der Waals surface area contributed by atoms with E-state index in [1.807, 2.05) is 40.7 Å². The number of fused-ring (bicyclic) bond motifs is 7. The number of carbonyl (C=O) groups excluding carboxylic acids is 1. The number of aliphatic hydroxyl groups is 1. The number of nitrogens with one attached hydrogen (secondary N) is 1. The van der Waals surface area contributed by atoms with E-state index in [9.17, 15) is 9.90 Å². The van der Waals surface area contributed by atoms with Gasteiger partial charge in [0.2, 0.25) is 0 Å². The molecule has 0 amide bonds. The lowest BCUT2D eigenvalue weighted by molar-refractivity contribution is -0.250. The van der Waals surface area contributed by atoms with Crippen LogP contribution in [0.25, 0.3) is 0 Å². The molecule has 0 aromatic heterocycles. The van der Waals surface area contributed by atoms with Gasteiger partial charge < -0.3 is 20.0 Å². The number of hydrogen-bond acceptors (Lipinski definition) is 5. The Morgan fingerprint density at radius 1 is 1.26 bits per heavy atom. The first-order valence-electron chi connectivity index (χ1n) is 11.9. The van der Waals surface area contributed by atoms with Gasteiger partial charge in [0.15, 0.2) is 17.2 Å². The van der Waals surface area contributed by atoms with E-state index >= 15 is 4.39 Å². The SMILES string of the molecule is CCC(=O)C12OC(C)(C)OC1CC1C3CCC4=CC(=N)CCC4(C)C3(F)C(O)CC12C. The molecule has 8 unspecified atom stereocenters. The van der Waals surface area contributed by atoms with Crippen LogP contribution in [0.1, 0.15) is 79.6 Å². The minimum absolute atomic E-state index is 0.000327. The summed E-state index contributed by atoms with van der Waals surface area (Å²) in [6.07, 6.45) is 3.79. The Bertz CT molecular complexity index is 885. The Kier molecular flexibility index (Phi) is 4.39. The van der Waals surface area contributed by atoms with Crippen LogP contribution in [0.5, 0.6) is 0 Å². The topological polar surface area (TPSA) is 79.6 Å². The van der Waals surface area contributed by atoms with E-state index in [2.05, 4.69) is 0 Å². The normalized spacial score (nSPS) is 52.6. The number of aliphatic hydroxyl groups excluding tert-OH is 1. The van der Waals surface area contributed by atoms with E-state index in [4.69, 9.17) is 14.9 Å². The average molecular weight is 434 g/mol. The highest BCUT2D eigenvalue weighted by Gasteiger charge is 2.79. The number of ketones is 1. The fraction of sp³-hybridized carbons (Fsp3) is 0.840. The molecule has 5 rings (SSSR count). The largest absolute Gasteiger partial charge is 0.390 e. The lowest BCUT2D eigenvalue weighted by Gasteiger charge is -2.63. The number of allylic oxidation sites excluding steroid dienone is 2. The summed E-state index contributed by atoms with van der Waals surface area (Å²) < 4.78 is 30.0. The standard InChI is InChI=1S/C25H36FNO4/c1-6-18(28)25-20(30-21(2,3)31-25)12-17-16-8-7-14-11-15(27)9-10-22(14,4)24(16,26)19(29)13-23(17,25)5/h11,16-17,19-20,27,29H,6-10,12-13H2,1-5H3. The Morgan fingerprint density at radius 2 is 1.97 bits per heavy atom. The number of hydrogen-bond donors (Lipinski definition) is 2. The third-order valence-electron chi connectivity index (χ3n) is 9.81. The molecule has 6 heteroatoms. The van der Waals surface area contributed by atoms with Gasteiger partial charge in [-0.1, -0.05) is 26.3 Å². The summed E-state index contributed by atoms with van der Waals surface area (Å²) in [5, 5.41) is 19.6. The molecule has 0 aromatic rings. The molecule has 8 atom stereocenters. The maximum atomic E-state index is 17.3. The van der Waals surface area contributed by atoms with Gasteiger partial charge in [-0.15, -0.1) is 0 Å². The molecule has 3 saturated carbocycles. The van der Waals surface area contributed by atoms with Crippen LogP contribution in [0.2, 0.25) is 0 Å². The van der Waals surface area contributed by atoms with Crippen molar-refractivity contribution >= 4 is 11.5 Å². The predicted octanol–water partition coefficient (Wildman–Crippen LogP) is 4.51. The Hall–Kier alpha value is -1.11. The summed E-state index contributed by atoms with van der Waals surface area (Å²) in [7, 11) is 0. The molecule has 4 aliphatic carbocycles. The first-order chi connectivity index (χ1) is 14.4. The third-order valence-corrected chi connectivity index (χ3v) is 9.81. The molecule has 0 spiro atoms. The molecular formula is C25H36FNO4. The highest BCUT2D eigenvalue weighted by molar-refractivity contribution is 5.94. The molecule has 1 aliphatic heterocycles. The van der Waals surface area contributed by atoms with Crippen molar-refractivity contribution in [2.75, 3.05) is 0 Å². The van der Waals surface area contributed by atoms with Gasteiger partial charge in [-0.3, -0.25) is 4.79 Å². The van der Waals surface area contributed by atoms with Crippen LogP contribution in [0, 0.1) is 28.1 Å². The first-order valence-corrected chi connectivity index (χ1v) is 11.9. The molecule has 172 valence electrons. The van der Waals surface area contributed by atoms with Crippen LogP contribution in [0.15, 0.2) is 11.6 Å². The van der Waals surface area contributed by atoms with Crippen LogP contribution in [0.4, 0.5) is 4.39 Å². The van der Waals surface area contributed by atoms with E-state index in [1.54, 1.807) is 0 Å². The van der Waals surface area contributed by atoms with Gasteiger partial charge in [0.25, 0.3) is 0 Å². The van der Waals surface area contributed by atoms with Crippen molar-refractivity contribution in [2.45, 2.75) is 109 Å². The van der Waals surface area contributed by atoms with Gasteiger partial charge in [0.05, 0.1) is 12.2 Å². The molecular weight excluding hydrogens is 397 g/mol. The third kappa shape index (κ3) is 2.37. The minimum atomic E-state index is -1.77. The Labute approximate surface area is 184 Å². The Morgan fingerprint density at radius 3 is 2.65 bits per heavy atom. The van der Waals surface area contributed by atoms with Crippen molar-refractivity contribution in [3.8, 4) is 0 Å². The van der Waals surface area contributed by atoms with Crippen molar-refractivity contribution < 1.29 is 23.8 Å². The number of alkyl halides is 1. The van der Waals surface area contributed by atoms with E-state index in [0.29, 0.717) is 37.8 Å². The summed E-state index contributed by atoms with van der Waals surface area (Å²) in [6.45, 7) is 9.49. The summed E-state index contributed by atoms with van der Waals surface area (Å²) in [4.78, 5) is 13.4. The van der Waals surface area contributed by atoms with Crippen molar-refractivity contribution in [1.29, 1.82) is 5.41 Å². The lowest BCUT2D eigenvalue weighted by atomic mass is 9.43. The number of carbonyl (C=O) groups is 1. The quantitative estimate of drug-likeness (QED) is 0.671. The molecule has 0 aromatic carbocycles. The second-order valence-electron chi connectivity index (χ2n) is 11.5. The monoisotopic (exact) mass is 433 g/mol. The van der Waals surface area contributed by atoms with Gasteiger partial charge in [0.1, 0.15) is 5.67 Å². The molecule has 5 aliphatic rings. The van der Waals surface area contributed by atoms with Gasteiger partial charge in [-0.05, 0) is 64.4 Å². The summed E-state index contributed by atoms with van der Waals surface area (Å²) >= 11 is 0. The van der Waals surface area contributed by atoms with Crippen molar-refractivity contribution in [2.24, 2.45) is 22.7 Å². The van der Waals surface area contributed by atoms with Crippen LogP contribution >= 0.6 is 0 Å². The van der Waals surface area contributed by atoms with Gasteiger partial charge in [0, 0.05) is 28.9 Å². The summed E-state index contributed by atoms with van der Waals surface area (Å²) in [6, 6.07) is 0. The highest BCUT2D eigenvalue weighted by atomic mass is 19.1. The molecule has 0 bridgehead atoms. The average Bonchev–Trinajstić information content (AvgIpc) is 3.09. The molecule has 5 nitrogen and oxygen atoms in total. The van der Waals surface area contributed by atoms with E-state index < -0.39 is 40.1 Å². The van der Waals surface area contributed by atoms with Crippen molar-refractivity contribution in [3.63, 3.8) is 0 Å². The number of Topliss-reactive ketones (excluding diaryl/α,β-unsaturated/α-hetero) is 1. The van der Waals surface area contributed by atoms with Crippen molar-refractivity contribution in [1.82, 2.24) is 0 Å². The Balaban J connectivity index is 1.63. The van der Waals surface area contributed by atoms with E-state index in [-0.39, 0.29) is 24.0 Å². The zero-order valence-electron chi connectivity index (χ0n) is 19.4. The fourth-order valence-electron chi connectivity index (χ4n) is 8.46. The lowest BCUT2D eigenvalue weighted by Crippen LogP contribution is -2.70. The minimum Gasteiger partial charge on any atom is -0.390 e. The van der Waals surface area contributed by atoms with E-state index in [0.717, 1.165) is 12.0 Å². The summed E-state index contributed by atoms with van der Waals surface area (Å²) in [5.41, 5.74) is -2.84. The second-order valence-corrected chi connectivity index (χ2v) is 11.5. The number of halogens is 1. The highest BCUT2D eigenvalue weighted by Crippen LogP contribution is 2.72. The fourth-order valence-corrected chi connectivity index (χ4v) is 8.46. The maximum absolute atomic E-state index is 17.3. The smallest absolute Gasteiger partial charge is 0.167 e. The van der Waals surface area contributed by atoms with Gasteiger partial charge in [-0.25, -0.2) is 4.39 Å². The molecule has 2 N–H and O–H groups in total. The first kappa shape index (κ1) is 21.7. The number of ether oxygens (including phenoxy) is 2. The zero-order valence-corrected chi connectivity index (χ0v) is 19.4. The summed E-state index contributed by atoms with van der Waals surface area (Å²) in [5.74, 6) is -1.34. The van der Waals surface area contributed by atoms with Crippen LogP contribution in [0.3, 0.4) is 0 Å².